The van der Waals surface area contributed by atoms with Crippen molar-refractivity contribution in [1.82, 2.24) is 10.4 Å². The van der Waals surface area contributed by atoms with Crippen LogP contribution in [-0.2, 0) is 0 Å². The van der Waals surface area contributed by atoms with E-state index in [2.05, 4.69) is 10.4 Å². The van der Waals surface area contributed by atoms with Crippen LogP contribution < -0.4 is 11.3 Å². The van der Waals surface area contributed by atoms with Crippen LogP contribution in [0.1, 0.15) is 17.2 Å². The first-order chi connectivity index (χ1) is 8.63. The molecule has 2 rings (SSSR count). The van der Waals surface area contributed by atoms with E-state index < -0.39 is 17.7 Å². The highest BCUT2D eigenvalue weighted by molar-refractivity contribution is 6.29. The lowest BCUT2D eigenvalue weighted by molar-refractivity contribution is 0.483. The summed E-state index contributed by atoms with van der Waals surface area (Å²) in [6.45, 7) is 0. The third-order valence-corrected chi connectivity index (χ3v) is 2.75. The minimum Gasteiger partial charge on any atom is -0.271 e. The Kier molecular flexibility index (Phi) is 3.86. The molecule has 1 heterocycles. The Morgan fingerprint density at radius 3 is 2.72 bits per heavy atom. The van der Waals surface area contributed by atoms with Gasteiger partial charge in [0.05, 0.1) is 6.04 Å². The highest BCUT2D eigenvalue weighted by Crippen LogP contribution is 2.25. The molecule has 0 aliphatic heterocycles. The fraction of sp³-hybridized carbons (Fsp3) is 0.0833. The Morgan fingerprint density at radius 1 is 1.28 bits per heavy atom. The standard InChI is InChI=1S/C12H10ClF2N3/c13-10-6-7(4-5-17-10)12(18-16)8-2-1-3-9(14)11(8)15/h1-6,12,18H,16H2. The van der Waals surface area contributed by atoms with Gasteiger partial charge in [-0.05, 0) is 23.8 Å². The van der Waals surface area contributed by atoms with Gasteiger partial charge < -0.3 is 0 Å². The van der Waals surface area contributed by atoms with Crippen molar-refractivity contribution in [3.05, 3.63) is 64.4 Å². The van der Waals surface area contributed by atoms with Crippen LogP contribution in [0.15, 0.2) is 36.5 Å². The molecular formula is C12H10ClF2N3. The SMILES string of the molecule is NNC(c1ccnc(Cl)c1)c1cccc(F)c1F. The molecule has 0 amide bonds. The van der Waals surface area contributed by atoms with Crippen LogP contribution in [0.2, 0.25) is 5.15 Å². The number of rotatable bonds is 3. The number of halogens is 3. The highest BCUT2D eigenvalue weighted by atomic mass is 35.5. The van der Waals surface area contributed by atoms with Crippen molar-refractivity contribution in [2.45, 2.75) is 6.04 Å². The van der Waals surface area contributed by atoms with Crippen LogP contribution >= 0.6 is 11.6 Å². The molecule has 0 spiro atoms. The molecule has 94 valence electrons. The highest BCUT2D eigenvalue weighted by Gasteiger charge is 2.19. The van der Waals surface area contributed by atoms with Gasteiger partial charge in [-0.3, -0.25) is 5.84 Å². The van der Waals surface area contributed by atoms with Gasteiger partial charge in [0, 0.05) is 11.8 Å². The zero-order valence-corrected chi connectivity index (χ0v) is 9.96. The van der Waals surface area contributed by atoms with Crippen LogP contribution in [-0.4, -0.2) is 4.98 Å². The van der Waals surface area contributed by atoms with Gasteiger partial charge in [0.15, 0.2) is 11.6 Å². The summed E-state index contributed by atoms with van der Waals surface area (Å²) >= 11 is 5.76. The fourth-order valence-electron chi connectivity index (χ4n) is 1.71. The quantitative estimate of drug-likeness (QED) is 0.511. The number of benzene rings is 1. The van der Waals surface area contributed by atoms with E-state index in [0.717, 1.165) is 6.07 Å². The maximum Gasteiger partial charge on any atom is 0.163 e. The van der Waals surface area contributed by atoms with Crippen LogP contribution in [0.5, 0.6) is 0 Å². The summed E-state index contributed by atoms with van der Waals surface area (Å²) in [4.78, 5) is 3.82. The Bertz CT molecular complexity index is 563. The van der Waals surface area contributed by atoms with E-state index in [1.807, 2.05) is 0 Å². The number of nitrogens with two attached hydrogens (primary N) is 1. The molecule has 0 radical (unpaired) electrons. The molecule has 1 unspecified atom stereocenters. The van der Waals surface area contributed by atoms with E-state index in [9.17, 15) is 8.78 Å². The molecule has 1 atom stereocenters. The Hall–Kier alpha value is -1.56. The topological polar surface area (TPSA) is 50.9 Å². The lowest BCUT2D eigenvalue weighted by Gasteiger charge is -2.17. The van der Waals surface area contributed by atoms with Crippen molar-refractivity contribution < 1.29 is 8.78 Å². The van der Waals surface area contributed by atoms with Crippen molar-refractivity contribution in [3.63, 3.8) is 0 Å². The molecule has 0 saturated carbocycles. The minimum absolute atomic E-state index is 0.111. The average molecular weight is 270 g/mol. The summed E-state index contributed by atoms with van der Waals surface area (Å²) in [5.41, 5.74) is 3.15. The van der Waals surface area contributed by atoms with Gasteiger partial charge in [0.25, 0.3) is 0 Å². The maximum absolute atomic E-state index is 13.7. The van der Waals surface area contributed by atoms with Gasteiger partial charge in [0.1, 0.15) is 5.15 Å². The van der Waals surface area contributed by atoms with E-state index in [0.29, 0.717) is 5.56 Å². The molecule has 0 bridgehead atoms. The van der Waals surface area contributed by atoms with Crippen molar-refractivity contribution >= 4 is 11.6 Å². The monoisotopic (exact) mass is 269 g/mol. The summed E-state index contributed by atoms with van der Waals surface area (Å²) < 4.78 is 26.9. The van der Waals surface area contributed by atoms with Gasteiger partial charge in [0.2, 0.25) is 0 Å². The number of hydrogen-bond donors (Lipinski definition) is 2. The summed E-state index contributed by atoms with van der Waals surface area (Å²) in [7, 11) is 0. The molecule has 18 heavy (non-hydrogen) atoms. The fourth-order valence-corrected chi connectivity index (χ4v) is 1.89. The van der Waals surface area contributed by atoms with Crippen molar-refractivity contribution in [1.29, 1.82) is 0 Å². The molecule has 6 heteroatoms. The molecule has 3 N–H and O–H groups in total. The van der Waals surface area contributed by atoms with Crippen LogP contribution in [0.4, 0.5) is 8.78 Å². The molecule has 2 aromatic rings. The number of pyridine rings is 1. The molecule has 0 aliphatic rings. The Labute approximate surface area is 108 Å². The lowest BCUT2D eigenvalue weighted by Crippen LogP contribution is -2.29. The molecule has 0 saturated heterocycles. The van der Waals surface area contributed by atoms with E-state index in [-0.39, 0.29) is 10.7 Å². The normalized spacial score (nSPS) is 12.4. The zero-order valence-electron chi connectivity index (χ0n) is 9.20. The molecule has 1 aromatic heterocycles. The van der Waals surface area contributed by atoms with Gasteiger partial charge in [-0.1, -0.05) is 23.7 Å². The lowest BCUT2D eigenvalue weighted by atomic mass is 9.99. The number of hydrazine groups is 1. The first kappa shape index (κ1) is 12.9. The van der Waals surface area contributed by atoms with Crippen molar-refractivity contribution in [2.75, 3.05) is 0 Å². The Balaban J connectivity index is 2.49. The van der Waals surface area contributed by atoms with Gasteiger partial charge in [-0.2, -0.15) is 0 Å². The zero-order chi connectivity index (χ0) is 13.1. The van der Waals surface area contributed by atoms with Gasteiger partial charge in [-0.15, -0.1) is 0 Å². The van der Waals surface area contributed by atoms with Gasteiger partial charge in [-0.25, -0.2) is 19.2 Å². The summed E-state index contributed by atoms with van der Waals surface area (Å²) in [5, 5.41) is 0.254. The summed E-state index contributed by atoms with van der Waals surface area (Å²) in [6.07, 6.45) is 1.47. The Morgan fingerprint density at radius 2 is 2.06 bits per heavy atom. The predicted molar refractivity (Wildman–Crippen MR) is 64.8 cm³/mol. The molecule has 0 aliphatic carbocycles. The molecular weight excluding hydrogens is 260 g/mol. The van der Waals surface area contributed by atoms with Crippen LogP contribution in [0.3, 0.4) is 0 Å². The predicted octanol–water partition coefficient (Wildman–Crippen LogP) is 2.57. The second-order valence-corrected chi connectivity index (χ2v) is 4.04. The number of hydrogen-bond acceptors (Lipinski definition) is 3. The summed E-state index contributed by atoms with van der Waals surface area (Å²) in [6, 6.07) is 6.39. The van der Waals surface area contributed by atoms with Crippen molar-refractivity contribution in [3.8, 4) is 0 Å². The van der Waals surface area contributed by atoms with E-state index >= 15 is 0 Å². The van der Waals surface area contributed by atoms with E-state index in [1.165, 1.54) is 24.4 Å². The third kappa shape index (κ3) is 2.48. The van der Waals surface area contributed by atoms with Crippen LogP contribution in [0, 0.1) is 11.6 Å². The molecule has 1 aromatic carbocycles. The van der Waals surface area contributed by atoms with E-state index in [1.54, 1.807) is 6.07 Å². The van der Waals surface area contributed by atoms with Crippen LogP contribution in [0.25, 0.3) is 0 Å². The largest absolute Gasteiger partial charge is 0.271 e. The number of nitrogens with zero attached hydrogens (tertiary/aromatic N) is 1. The number of aromatic nitrogens is 1. The third-order valence-electron chi connectivity index (χ3n) is 2.54. The summed E-state index contributed by atoms with van der Waals surface area (Å²) in [5.74, 6) is 3.54. The molecule has 0 fully saturated rings. The maximum atomic E-state index is 13.7. The first-order valence-electron chi connectivity index (χ1n) is 5.15. The van der Waals surface area contributed by atoms with Gasteiger partial charge >= 0.3 is 0 Å². The first-order valence-corrected chi connectivity index (χ1v) is 5.52. The number of nitrogens with one attached hydrogen (secondary N) is 1. The second-order valence-electron chi connectivity index (χ2n) is 3.65. The molecule has 3 nitrogen and oxygen atoms in total. The smallest absolute Gasteiger partial charge is 0.163 e. The van der Waals surface area contributed by atoms with Crippen molar-refractivity contribution in [2.24, 2.45) is 5.84 Å². The van der Waals surface area contributed by atoms with E-state index in [4.69, 9.17) is 17.4 Å². The average Bonchev–Trinajstić information content (AvgIpc) is 2.35. The minimum atomic E-state index is -0.937. The second kappa shape index (κ2) is 5.39.